The van der Waals surface area contributed by atoms with Gasteiger partial charge in [0.2, 0.25) is 11.7 Å². The molecule has 0 bridgehead atoms. The van der Waals surface area contributed by atoms with Crippen LogP contribution in [0.4, 0.5) is 4.39 Å². The van der Waals surface area contributed by atoms with E-state index < -0.39 is 0 Å². The second-order valence-electron chi connectivity index (χ2n) is 3.42. The average molecular weight is 300 g/mol. The summed E-state index contributed by atoms with van der Waals surface area (Å²) in [6.07, 6.45) is 0. The fourth-order valence-electron chi connectivity index (χ4n) is 1.34. The highest BCUT2D eigenvalue weighted by atomic mass is 79.9. The molecular weight excluding hydrogens is 289 g/mol. The fraction of sp³-hybridized carbons (Fsp3) is 0.273. The molecule has 6 heteroatoms. The van der Waals surface area contributed by atoms with Gasteiger partial charge in [0, 0.05) is 10.0 Å². The van der Waals surface area contributed by atoms with Crippen molar-refractivity contribution in [1.29, 1.82) is 0 Å². The van der Waals surface area contributed by atoms with E-state index in [1.807, 2.05) is 6.92 Å². The third kappa shape index (κ3) is 2.89. The quantitative estimate of drug-likeness (QED) is 0.943. The minimum Gasteiger partial charge on any atom is -0.338 e. The lowest BCUT2D eigenvalue weighted by atomic mass is 10.2. The Hall–Kier alpha value is -1.27. The van der Waals surface area contributed by atoms with Crippen LogP contribution in [-0.4, -0.2) is 16.7 Å². The summed E-state index contributed by atoms with van der Waals surface area (Å²) in [7, 11) is 0. The molecule has 0 atom stereocenters. The van der Waals surface area contributed by atoms with Gasteiger partial charge in [0.1, 0.15) is 5.82 Å². The zero-order chi connectivity index (χ0) is 12.3. The molecule has 0 aliphatic heterocycles. The number of rotatable bonds is 4. The van der Waals surface area contributed by atoms with Crippen LogP contribution in [0.5, 0.6) is 0 Å². The van der Waals surface area contributed by atoms with Gasteiger partial charge in [-0.25, -0.2) is 4.39 Å². The monoisotopic (exact) mass is 299 g/mol. The van der Waals surface area contributed by atoms with Crippen molar-refractivity contribution in [1.82, 2.24) is 15.5 Å². The molecule has 0 aliphatic carbocycles. The van der Waals surface area contributed by atoms with E-state index in [2.05, 4.69) is 31.4 Å². The molecule has 2 aromatic rings. The molecule has 0 unspecified atom stereocenters. The number of benzene rings is 1. The largest absolute Gasteiger partial charge is 0.338 e. The average Bonchev–Trinajstić information content (AvgIpc) is 2.75. The smallest absolute Gasteiger partial charge is 0.240 e. The van der Waals surface area contributed by atoms with Gasteiger partial charge in [-0.3, -0.25) is 0 Å². The number of halogens is 2. The molecule has 1 heterocycles. The molecule has 0 spiro atoms. The van der Waals surface area contributed by atoms with E-state index >= 15 is 0 Å². The molecule has 4 nitrogen and oxygen atoms in total. The molecule has 0 saturated carbocycles. The molecule has 1 aromatic carbocycles. The van der Waals surface area contributed by atoms with E-state index in [4.69, 9.17) is 4.52 Å². The zero-order valence-corrected chi connectivity index (χ0v) is 10.8. The van der Waals surface area contributed by atoms with Gasteiger partial charge in [-0.1, -0.05) is 12.1 Å². The van der Waals surface area contributed by atoms with E-state index in [0.29, 0.717) is 28.3 Å². The van der Waals surface area contributed by atoms with Gasteiger partial charge in [-0.05, 0) is 40.7 Å². The lowest BCUT2D eigenvalue weighted by molar-refractivity contribution is 0.369. The first-order valence-corrected chi connectivity index (χ1v) is 5.98. The van der Waals surface area contributed by atoms with Crippen LogP contribution in [0.3, 0.4) is 0 Å². The standard InChI is InChI=1S/C11H11BrFN3O/c1-2-14-6-10-15-11(16-17-10)8-4-3-7(13)5-9(8)12/h3-5,14H,2,6H2,1H3. The van der Waals surface area contributed by atoms with Crippen LogP contribution in [0.15, 0.2) is 27.2 Å². The first-order valence-electron chi connectivity index (χ1n) is 5.19. The summed E-state index contributed by atoms with van der Waals surface area (Å²) in [6, 6.07) is 4.34. The highest BCUT2D eigenvalue weighted by Gasteiger charge is 2.11. The van der Waals surface area contributed by atoms with E-state index in [1.165, 1.54) is 12.1 Å². The highest BCUT2D eigenvalue weighted by molar-refractivity contribution is 9.10. The number of hydrogen-bond acceptors (Lipinski definition) is 4. The second-order valence-corrected chi connectivity index (χ2v) is 4.27. The van der Waals surface area contributed by atoms with Gasteiger partial charge in [0.25, 0.3) is 0 Å². The van der Waals surface area contributed by atoms with Crippen LogP contribution >= 0.6 is 15.9 Å². The molecule has 0 radical (unpaired) electrons. The Labute approximate surface area is 106 Å². The SMILES string of the molecule is CCNCc1nc(-c2ccc(F)cc2Br)no1. The van der Waals surface area contributed by atoms with Gasteiger partial charge < -0.3 is 9.84 Å². The summed E-state index contributed by atoms with van der Waals surface area (Å²) in [5.41, 5.74) is 0.706. The maximum Gasteiger partial charge on any atom is 0.240 e. The Morgan fingerprint density at radius 3 is 3.00 bits per heavy atom. The van der Waals surface area contributed by atoms with Crippen LogP contribution in [0.2, 0.25) is 0 Å². The summed E-state index contributed by atoms with van der Waals surface area (Å²) in [5, 5.41) is 6.94. The Morgan fingerprint density at radius 1 is 1.47 bits per heavy atom. The van der Waals surface area contributed by atoms with Crippen molar-refractivity contribution in [2.24, 2.45) is 0 Å². The molecule has 90 valence electrons. The van der Waals surface area contributed by atoms with E-state index in [0.717, 1.165) is 6.54 Å². The minimum absolute atomic E-state index is 0.308. The maximum atomic E-state index is 12.9. The molecule has 0 saturated heterocycles. The third-order valence-electron chi connectivity index (χ3n) is 2.17. The molecule has 0 amide bonds. The topological polar surface area (TPSA) is 51.0 Å². The number of nitrogens with one attached hydrogen (secondary N) is 1. The molecule has 2 rings (SSSR count). The maximum absolute atomic E-state index is 12.9. The van der Waals surface area contributed by atoms with Crippen LogP contribution < -0.4 is 5.32 Å². The highest BCUT2D eigenvalue weighted by Crippen LogP contribution is 2.26. The zero-order valence-electron chi connectivity index (χ0n) is 9.20. The van der Waals surface area contributed by atoms with Crippen LogP contribution in [0.25, 0.3) is 11.4 Å². The van der Waals surface area contributed by atoms with Crippen LogP contribution in [-0.2, 0) is 6.54 Å². The van der Waals surface area contributed by atoms with Crippen LogP contribution in [0, 0.1) is 5.82 Å². The van der Waals surface area contributed by atoms with Gasteiger partial charge >= 0.3 is 0 Å². The summed E-state index contributed by atoms with van der Waals surface area (Å²) < 4.78 is 18.6. The van der Waals surface area contributed by atoms with E-state index in [1.54, 1.807) is 6.07 Å². The predicted octanol–water partition coefficient (Wildman–Crippen LogP) is 2.75. The summed E-state index contributed by atoms with van der Waals surface area (Å²) in [5.74, 6) is 0.653. The van der Waals surface area contributed by atoms with Gasteiger partial charge in [0.05, 0.1) is 6.54 Å². The van der Waals surface area contributed by atoms with Crippen molar-refractivity contribution in [3.63, 3.8) is 0 Å². The minimum atomic E-state index is -0.308. The lowest BCUT2D eigenvalue weighted by Gasteiger charge is -1.98. The summed E-state index contributed by atoms with van der Waals surface area (Å²) in [4.78, 5) is 4.22. The normalized spacial score (nSPS) is 10.8. The van der Waals surface area contributed by atoms with Crippen molar-refractivity contribution in [2.75, 3.05) is 6.54 Å². The number of aromatic nitrogens is 2. The van der Waals surface area contributed by atoms with Gasteiger partial charge in [-0.15, -0.1) is 0 Å². The fourth-order valence-corrected chi connectivity index (χ4v) is 1.87. The molecule has 0 fully saturated rings. The van der Waals surface area contributed by atoms with E-state index in [-0.39, 0.29) is 5.82 Å². The summed E-state index contributed by atoms with van der Waals surface area (Å²) in [6.45, 7) is 3.36. The third-order valence-corrected chi connectivity index (χ3v) is 2.82. The van der Waals surface area contributed by atoms with E-state index in [9.17, 15) is 4.39 Å². The second kappa shape index (κ2) is 5.37. The van der Waals surface area contributed by atoms with Crippen molar-refractivity contribution in [3.8, 4) is 11.4 Å². The predicted molar refractivity (Wildman–Crippen MR) is 64.8 cm³/mol. The Kier molecular flexibility index (Phi) is 3.86. The number of nitrogens with zero attached hydrogens (tertiary/aromatic N) is 2. The molecule has 1 N–H and O–H groups in total. The molecule has 17 heavy (non-hydrogen) atoms. The Bertz CT molecular complexity index is 515. The van der Waals surface area contributed by atoms with Gasteiger partial charge in [0.15, 0.2) is 0 Å². The molecule has 0 aliphatic rings. The van der Waals surface area contributed by atoms with Gasteiger partial charge in [-0.2, -0.15) is 4.98 Å². The Balaban J connectivity index is 2.24. The van der Waals surface area contributed by atoms with Crippen molar-refractivity contribution in [2.45, 2.75) is 13.5 Å². The molecule has 1 aromatic heterocycles. The van der Waals surface area contributed by atoms with Crippen molar-refractivity contribution < 1.29 is 8.91 Å². The molecular formula is C11H11BrFN3O. The lowest BCUT2D eigenvalue weighted by Crippen LogP contribution is -2.11. The Morgan fingerprint density at radius 2 is 2.29 bits per heavy atom. The number of hydrogen-bond donors (Lipinski definition) is 1. The summed E-state index contributed by atoms with van der Waals surface area (Å²) >= 11 is 3.27. The van der Waals surface area contributed by atoms with Crippen molar-refractivity contribution in [3.05, 3.63) is 34.4 Å². The van der Waals surface area contributed by atoms with Crippen molar-refractivity contribution >= 4 is 15.9 Å². The van der Waals surface area contributed by atoms with Crippen LogP contribution in [0.1, 0.15) is 12.8 Å². The first kappa shape index (κ1) is 12.2. The first-order chi connectivity index (χ1) is 8.20.